The summed E-state index contributed by atoms with van der Waals surface area (Å²) in [5.74, 6) is 1.83. The average molecular weight is 328 g/mol. The molecule has 0 spiro atoms. The van der Waals surface area contributed by atoms with Crippen LogP contribution in [0.15, 0.2) is 28.9 Å². The molecule has 0 saturated carbocycles. The lowest BCUT2D eigenvalue weighted by Crippen LogP contribution is -2.39. The number of amides is 1. The van der Waals surface area contributed by atoms with Crippen molar-refractivity contribution in [3.63, 3.8) is 0 Å². The molecule has 2 aromatic rings. The Balaban J connectivity index is 1.49. The van der Waals surface area contributed by atoms with Gasteiger partial charge in [-0.1, -0.05) is 18.1 Å². The van der Waals surface area contributed by atoms with Crippen molar-refractivity contribution in [3.05, 3.63) is 41.8 Å². The second kappa shape index (κ2) is 8.04. The molecule has 3 rings (SSSR count). The molecule has 1 atom stereocenters. The van der Waals surface area contributed by atoms with Crippen LogP contribution in [0, 0.1) is 0 Å². The zero-order chi connectivity index (χ0) is 16.8. The zero-order valence-corrected chi connectivity index (χ0v) is 14.1. The molecule has 0 N–H and O–H groups in total. The van der Waals surface area contributed by atoms with Crippen LogP contribution in [0.2, 0.25) is 0 Å². The molecule has 128 valence electrons. The van der Waals surface area contributed by atoms with E-state index >= 15 is 0 Å². The van der Waals surface area contributed by atoms with Gasteiger partial charge in [0.1, 0.15) is 0 Å². The summed E-state index contributed by atoms with van der Waals surface area (Å²) in [7, 11) is 0. The minimum Gasteiger partial charge on any atom is -0.342 e. The molecule has 2 aromatic heterocycles. The number of piperidine rings is 1. The molecular weight excluding hydrogens is 304 g/mol. The first kappa shape index (κ1) is 16.6. The molecule has 1 amide bonds. The third-order valence-corrected chi connectivity index (χ3v) is 4.48. The molecule has 0 radical (unpaired) electrons. The number of nitrogens with zero attached hydrogens (tertiary/aromatic N) is 4. The summed E-state index contributed by atoms with van der Waals surface area (Å²) in [6.45, 7) is 3.53. The molecule has 0 bridgehead atoms. The van der Waals surface area contributed by atoms with Gasteiger partial charge in [-0.05, 0) is 37.8 Å². The van der Waals surface area contributed by atoms with Crippen molar-refractivity contribution in [2.75, 3.05) is 13.1 Å². The first-order valence-electron chi connectivity index (χ1n) is 8.76. The predicted octanol–water partition coefficient (Wildman–Crippen LogP) is 2.76. The molecule has 1 fully saturated rings. The van der Waals surface area contributed by atoms with Crippen molar-refractivity contribution >= 4 is 5.91 Å². The van der Waals surface area contributed by atoms with Crippen LogP contribution in [-0.4, -0.2) is 39.0 Å². The fraction of sp³-hybridized carbons (Fsp3) is 0.556. The van der Waals surface area contributed by atoms with E-state index in [9.17, 15) is 4.79 Å². The monoisotopic (exact) mass is 328 g/mol. The van der Waals surface area contributed by atoms with Gasteiger partial charge in [0.05, 0.1) is 0 Å². The van der Waals surface area contributed by atoms with Gasteiger partial charge >= 0.3 is 0 Å². The van der Waals surface area contributed by atoms with E-state index in [1.807, 2.05) is 30.0 Å². The van der Waals surface area contributed by atoms with E-state index in [2.05, 4.69) is 15.1 Å². The topological polar surface area (TPSA) is 72.1 Å². The van der Waals surface area contributed by atoms with E-state index in [0.717, 1.165) is 50.2 Å². The van der Waals surface area contributed by atoms with E-state index in [4.69, 9.17) is 4.52 Å². The SMILES string of the molecule is CCc1nc([C@H]2CCCN(C(=O)CCCc3ccccn3)C2)no1. The minimum absolute atomic E-state index is 0.197. The molecule has 6 heteroatoms. The Labute approximate surface area is 142 Å². The highest BCUT2D eigenvalue weighted by atomic mass is 16.5. The maximum absolute atomic E-state index is 12.5. The first-order chi connectivity index (χ1) is 11.8. The number of carbonyl (C=O) groups excluding carboxylic acids is 1. The van der Waals surface area contributed by atoms with Crippen molar-refractivity contribution in [1.82, 2.24) is 20.0 Å². The third-order valence-electron chi connectivity index (χ3n) is 4.48. The van der Waals surface area contributed by atoms with Gasteiger partial charge in [0.2, 0.25) is 11.8 Å². The number of aryl methyl sites for hydroxylation is 2. The van der Waals surface area contributed by atoms with Gasteiger partial charge in [0, 0.05) is 43.7 Å². The second-order valence-corrected chi connectivity index (χ2v) is 6.25. The fourth-order valence-corrected chi connectivity index (χ4v) is 3.12. The highest BCUT2D eigenvalue weighted by Crippen LogP contribution is 2.25. The molecule has 0 aromatic carbocycles. The number of carbonyl (C=O) groups is 1. The molecule has 24 heavy (non-hydrogen) atoms. The minimum atomic E-state index is 0.197. The number of likely N-dealkylation sites (tertiary alicyclic amines) is 1. The van der Waals surface area contributed by atoms with Crippen LogP contribution >= 0.6 is 0 Å². The van der Waals surface area contributed by atoms with Crippen molar-refractivity contribution in [2.45, 2.75) is 51.4 Å². The highest BCUT2D eigenvalue weighted by molar-refractivity contribution is 5.76. The zero-order valence-electron chi connectivity index (χ0n) is 14.1. The number of aromatic nitrogens is 3. The van der Waals surface area contributed by atoms with Crippen LogP contribution in [0.25, 0.3) is 0 Å². The average Bonchev–Trinajstić information content (AvgIpc) is 3.12. The van der Waals surface area contributed by atoms with Crippen LogP contribution in [0.5, 0.6) is 0 Å². The van der Waals surface area contributed by atoms with Crippen LogP contribution < -0.4 is 0 Å². The third kappa shape index (κ3) is 4.19. The lowest BCUT2D eigenvalue weighted by Gasteiger charge is -2.31. The predicted molar refractivity (Wildman–Crippen MR) is 89.4 cm³/mol. The molecule has 0 unspecified atom stereocenters. The van der Waals surface area contributed by atoms with Gasteiger partial charge in [-0.15, -0.1) is 0 Å². The number of rotatable bonds is 6. The van der Waals surface area contributed by atoms with Crippen molar-refractivity contribution in [3.8, 4) is 0 Å². The van der Waals surface area contributed by atoms with Gasteiger partial charge in [0.15, 0.2) is 5.82 Å². The van der Waals surface area contributed by atoms with Gasteiger partial charge in [0.25, 0.3) is 0 Å². The normalized spacial score (nSPS) is 17.9. The maximum Gasteiger partial charge on any atom is 0.226 e. The highest BCUT2D eigenvalue weighted by Gasteiger charge is 2.27. The molecule has 1 saturated heterocycles. The van der Waals surface area contributed by atoms with Crippen molar-refractivity contribution in [1.29, 1.82) is 0 Å². The largest absolute Gasteiger partial charge is 0.342 e. The first-order valence-corrected chi connectivity index (χ1v) is 8.76. The lowest BCUT2D eigenvalue weighted by atomic mass is 9.97. The lowest BCUT2D eigenvalue weighted by molar-refractivity contribution is -0.132. The number of pyridine rings is 1. The summed E-state index contributed by atoms with van der Waals surface area (Å²) in [6.07, 6.45) is 6.79. The summed E-state index contributed by atoms with van der Waals surface area (Å²) in [4.78, 5) is 23.1. The summed E-state index contributed by atoms with van der Waals surface area (Å²) in [5.41, 5.74) is 1.04. The molecule has 3 heterocycles. The molecule has 1 aliphatic rings. The summed E-state index contributed by atoms with van der Waals surface area (Å²) >= 11 is 0. The smallest absolute Gasteiger partial charge is 0.226 e. The van der Waals surface area contributed by atoms with Crippen LogP contribution in [0.3, 0.4) is 0 Å². The Bertz CT molecular complexity index is 656. The molecule has 1 aliphatic heterocycles. The summed E-state index contributed by atoms with van der Waals surface area (Å²) in [5, 5.41) is 4.07. The van der Waals surface area contributed by atoms with Gasteiger partial charge < -0.3 is 9.42 Å². The van der Waals surface area contributed by atoms with Gasteiger partial charge in [-0.25, -0.2) is 0 Å². The maximum atomic E-state index is 12.5. The standard InChI is InChI=1S/C18H24N4O2/c1-2-16-20-18(21-24-16)14-7-6-12-22(13-14)17(23)10-5-9-15-8-3-4-11-19-15/h3-4,8,11,14H,2,5-7,9-10,12-13H2,1H3/t14-/m0/s1. The Hall–Kier alpha value is -2.24. The second-order valence-electron chi connectivity index (χ2n) is 6.25. The van der Waals surface area contributed by atoms with Gasteiger partial charge in [-0.3, -0.25) is 9.78 Å². The summed E-state index contributed by atoms with van der Waals surface area (Å²) < 4.78 is 5.21. The van der Waals surface area contributed by atoms with Crippen LogP contribution in [0.4, 0.5) is 0 Å². The summed E-state index contributed by atoms with van der Waals surface area (Å²) in [6, 6.07) is 5.89. The van der Waals surface area contributed by atoms with E-state index in [1.165, 1.54) is 0 Å². The van der Waals surface area contributed by atoms with Crippen LogP contribution in [-0.2, 0) is 17.6 Å². The molecular formula is C18H24N4O2. The van der Waals surface area contributed by atoms with E-state index < -0.39 is 0 Å². The van der Waals surface area contributed by atoms with Crippen LogP contribution in [0.1, 0.15) is 55.9 Å². The van der Waals surface area contributed by atoms with E-state index in [0.29, 0.717) is 18.9 Å². The van der Waals surface area contributed by atoms with E-state index in [-0.39, 0.29) is 11.8 Å². The van der Waals surface area contributed by atoms with Crippen molar-refractivity contribution in [2.24, 2.45) is 0 Å². The fourth-order valence-electron chi connectivity index (χ4n) is 3.12. The number of hydrogen-bond acceptors (Lipinski definition) is 5. The quantitative estimate of drug-likeness (QED) is 0.815. The molecule has 6 nitrogen and oxygen atoms in total. The number of hydrogen-bond donors (Lipinski definition) is 0. The van der Waals surface area contributed by atoms with Gasteiger partial charge in [-0.2, -0.15) is 4.98 Å². The molecule has 0 aliphatic carbocycles. The Morgan fingerprint density at radius 3 is 3.08 bits per heavy atom. The Kier molecular flexibility index (Phi) is 5.56. The Morgan fingerprint density at radius 1 is 1.42 bits per heavy atom. The Morgan fingerprint density at radius 2 is 2.33 bits per heavy atom. The van der Waals surface area contributed by atoms with Crippen molar-refractivity contribution < 1.29 is 9.32 Å². The van der Waals surface area contributed by atoms with E-state index in [1.54, 1.807) is 6.20 Å².